The molecule has 1 aromatic carbocycles. The number of aromatic carboxylic acids is 1. The van der Waals surface area contributed by atoms with Crippen LogP contribution in [0, 0.1) is 13.8 Å². The molecule has 5 heteroatoms. The molecule has 0 aliphatic carbocycles. The van der Waals surface area contributed by atoms with E-state index in [2.05, 4.69) is 0 Å². The third-order valence-electron chi connectivity index (χ3n) is 3.28. The second-order valence-electron chi connectivity index (χ2n) is 5.12. The summed E-state index contributed by atoms with van der Waals surface area (Å²) in [5.74, 6) is -1.43. The molecular weight excluding hydrogens is 258 g/mol. The number of carboxylic acid groups (broad SMARTS) is 1. The van der Waals surface area contributed by atoms with Gasteiger partial charge >= 0.3 is 5.97 Å². The number of hydrogen-bond donors (Lipinski definition) is 2. The number of carboxylic acids is 1. The Morgan fingerprint density at radius 1 is 1.20 bits per heavy atom. The topological polar surface area (TPSA) is 77.8 Å². The SMILES string of the molecule is Cc1ccc(C)c(C(=O)N(C)CCC(C)O)c1C(=O)O. The third-order valence-corrected chi connectivity index (χ3v) is 3.28. The molecule has 1 rings (SSSR count). The van der Waals surface area contributed by atoms with Crippen LogP contribution in [0.5, 0.6) is 0 Å². The fourth-order valence-electron chi connectivity index (χ4n) is 2.04. The first-order chi connectivity index (χ1) is 9.25. The Morgan fingerprint density at radius 3 is 2.15 bits per heavy atom. The van der Waals surface area contributed by atoms with Crippen LogP contribution in [0.2, 0.25) is 0 Å². The van der Waals surface area contributed by atoms with E-state index in [-0.39, 0.29) is 17.0 Å². The molecule has 0 aliphatic rings. The van der Waals surface area contributed by atoms with Gasteiger partial charge in [0.1, 0.15) is 0 Å². The molecule has 0 radical (unpaired) electrons. The summed E-state index contributed by atoms with van der Waals surface area (Å²) in [6.45, 7) is 5.43. The summed E-state index contributed by atoms with van der Waals surface area (Å²) in [5.41, 5.74) is 1.49. The van der Waals surface area contributed by atoms with E-state index in [1.54, 1.807) is 40.0 Å². The van der Waals surface area contributed by atoms with Gasteiger partial charge in [-0.15, -0.1) is 0 Å². The van der Waals surface area contributed by atoms with Gasteiger partial charge in [-0.05, 0) is 38.3 Å². The van der Waals surface area contributed by atoms with Crippen LogP contribution >= 0.6 is 0 Å². The molecule has 0 spiro atoms. The average molecular weight is 279 g/mol. The van der Waals surface area contributed by atoms with E-state index >= 15 is 0 Å². The Labute approximate surface area is 118 Å². The third kappa shape index (κ3) is 3.57. The van der Waals surface area contributed by atoms with Crippen molar-refractivity contribution in [2.24, 2.45) is 0 Å². The lowest BCUT2D eigenvalue weighted by Gasteiger charge is -2.21. The van der Waals surface area contributed by atoms with E-state index < -0.39 is 12.1 Å². The summed E-state index contributed by atoms with van der Waals surface area (Å²) >= 11 is 0. The van der Waals surface area contributed by atoms with Crippen molar-refractivity contribution in [3.8, 4) is 0 Å². The highest BCUT2D eigenvalue weighted by atomic mass is 16.4. The molecule has 20 heavy (non-hydrogen) atoms. The predicted octanol–water partition coefficient (Wildman–Crippen LogP) is 1.84. The van der Waals surface area contributed by atoms with Gasteiger partial charge in [0, 0.05) is 13.6 Å². The lowest BCUT2D eigenvalue weighted by atomic mass is 9.96. The maximum absolute atomic E-state index is 12.4. The molecule has 1 amide bonds. The van der Waals surface area contributed by atoms with Crippen molar-refractivity contribution < 1.29 is 19.8 Å². The fourth-order valence-corrected chi connectivity index (χ4v) is 2.04. The lowest BCUT2D eigenvalue weighted by molar-refractivity contribution is 0.0676. The highest BCUT2D eigenvalue weighted by Gasteiger charge is 2.23. The Kier molecular flexibility index (Phi) is 5.27. The number of aryl methyl sites for hydroxylation is 2. The second-order valence-corrected chi connectivity index (χ2v) is 5.12. The molecule has 0 aliphatic heterocycles. The average Bonchev–Trinajstić information content (AvgIpc) is 2.36. The fraction of sp³-hybridized carbons (Fsp3) is 0.467. The quantitative estimate of drug-likeness (QED) is 0.862. The summed E-state index contributed by atoms with van der Waals surface area (Å²) in [5, 5.41) is 18.6. The number of carbonyl (C=O) groups excluding carboxylic acids is 1. The van der Waals surface area contributed by atoms with Crippen molar-refractivity contribution in [1.29, 1.82) is 0 Å². The van der Waals surface area contributed by atoms with Gasteiger partial charge in [-0.3, -0.25) is 4.79 Å². The number of carbonyl (C=O) groups is 2. The van der Waals surface area contributed by atoms with Crippen LogP contribution in [-0.2, 0) is 0 Å². The maximum atomic E-state index is 12.4. The number of hydrogen-bond acceptors (Lipinski definition) is 3. The van der Waals surface area contributed by atoms with E-state index in [4.69, 9.17) is 0 Å². The van der Waals surface area contributed by atoms with Crippen molar-refractivity contribution in [1.82, 2.24) is 4.90 Å². The molecule has 0 bridgehead atoms. The monoisotopic (exact) mass is 279 g/mol. The maximum Gasteiger partial charge on any atom is 0.336 e. The second kappa shape index (κ2) is 6.52. The van der Waals surface area contributed by atoms with Crippen LogP contribution in [0.3, 0.4) is 0 Å². The highest BCUT2D eigenvalue weighted by molar-refractivity contribution is 6.06. The van der Waals surface area contributed by atoms with Gasteiger partial charge in [0.25, 0.3) is 5.91 Å². The van der Waals surface area contributed by atoms with Crippen molar-refractivity contribution in [2.45, 2.75) is 33.3 Å². The van der Waals surface area contributed by atoms with Gasteiger partial charge in [-0.25, -0.2) is 4.79 Å². The minimum atomic E-state index is -1.10. The molecule has 2 N–H and O–H groups in total. The number of amides is 1. The van der Waals surface area contributed by atoms with E-state index in [9.17, 15) is 19.8 Å². The van der Waals surface area contributed by atoms with E-state index in [1.165, 1.54) is 4.90 Å². The Balaban J connectivity index is 3.15. The standard InChI is InChI=1S/C15H21NO4/c1-9-5-6-10(2)13(15(19)20)12(9)14(18)16(4)8-7-11(3)17/h5-6,11,17H,7-8H2,1-4H3,(H,19,20). The number of rotatable bonds is 5. The lowest BCUT2D eigenvalue weighted by Crippen LogP contribution is -2.31. The number of nitrogens with zero attached hydrogens (tertiary/aromatic N) is 1. The number of aliphatic hydroxyl groups excluding tert-OH is 1. The first kappa shape index (κ1) is 16.2. The molecule has 1 atom stereocenters. The summed E-state index contributed by atoms with van der Waals surface area (Å²) in [6.07, 6.45) is -0.0435. The molecule has 0 heterocycles. The van der Waals surface area contributed by atoms with Gasteiger partial charge in [0.2, 0.25) is 0 Å². The van der Waals surface area contributed by atoms with Gasteiger partial charge in [-0.2, -0.15) is 0 Å². The zero-order valence-corrected chi connectivity index (χ0v) is 12.3. The van der Waals surface area contributed by atoms with Gasteiger partial charge < -0.3 is 15.1 Å². The van der Waals surface area contributed by atoms with Crippen LogP contribution in [0.4, 0.5) is 0 Å². The molecule has 1 unspecified atom stereocenters. The highest BCUT2D eigenvalue weighted by Crippen LogP contribution is 2.20. The summed E-state index contributed by atoms with van der Waals surface area (Å²) < 4.78 is 0. The minimum Gasteiger partial charge on any atom is -0.478 e. The molecule has 0 aromatic heterocycles. The summed E-state index contributed by atoms with van der Waals surface area (Å²) in [6, 6.07) is 3.45. The van der Waals surface area contributed by atoms with Crippen molar-refractivity contribution in [3.05, 3.63) is 34.4 Å². The van der Waals surface area contributed by atoms with Crippen molar-refractivity contribution in [2.75, 3.05) is 13.6 Å². The zero-order chi connectivity index (χ0) is 15.4. The van der Waals surface area contributed by atoms with Gasteiger partial charge in [0.05, 0.1) is 17.2 Å². The Hall–Kier alpha value is -1.88. The normalized spacial score (nSPS) is 12.1. The van der Waals surface area contributed by atoms with E-state index in [0.29, 0.717) is 24.1 Å². The van der Waals surface area contributed by atoms with Crippen LogP contribution < -0.4 is 0 Å². The zero-order valence-electron chi connectivity index (χ0n) is 12.3. The van der Waals surface area contributed by atoms with Crippen LogP contribution in [-0.4, -0.2) is 46.7 Å². The summed E-state index contributed by atoms with van der Waals surface area (Å²) in [4.78, 5) is 25.3. The van der Waals surface area contributed by atoms with E-state index in [1.807, 2.05) is 0 Å². The smallest absolute Gasteiger partial charge is 0.336 e. The van der Waals surface area contributed by atoms with Gasteiger partial charge in [-0.1, -0.05) is 12.1 Å². The number of benzene rings is 1. The summed E-state index contributed by atoms with van der Waals surface area (Å²) in [7, 11) is 1.61. The molecule has 0 fully saturated rings. The van der Waals surface area contributed by atoms with Crippen molar-refractivity contribution in [3.63, 3.8) is 0 Å². The first-order valence-electron chi connectivity index (χ1n) is 6.52. The molecule has 0 saturated heterocycles. The predicted molar refractivity (Wildman–Crippen MR) is 76.1 cm³/mol. The van der Waals surface area contributed by atoms with Gasteiger partial charge in [0.15, 0.2) is 0 Å². The Bertz CT molecular complexity index is 523. The van der Waals surface area contributed by atoms with Crippen molar-refractivity contribution >= 4 is 11.9 Å². The first-order valence-corrected chi connectivity index (χ1v) is 6.52. The Morgan fingerprint density at radius 2 is 1.70 bits per heavy atom. The van der Waals surface area contributed by atoms with Crippen LogP contribution in [0.1, 0.15) is 45.2 Å². The largest absolute Gasteiger partial charge is 0.478 e. The molecule has 110 valence electrons. The molecule has 0 saturated carbocycles. The molecule has 1 aromatic rings. The molecular formula is C15H21NO4. The minimum absolute atomic E-state index is 0.0545. The number of aliphatic hydroxyl groups is 1. The molecule has 5 nitrogen and oxygen atoms in total. The van der Waals surface area contributed by atoms with Crippen LogP contribution in [0.15, 0.2) is 12.1 Å². The van der Waals surface area contributed by atoms with Crippen LogP contribution in [0.25, 0.3) is 0 Å². The van der Waals surface area contributed by atoms with E-state index in [0.717, 1.165) is 0 Å².